The highest BCUT2D eigenvalue weighted by molar-refractivity contribution is 7.90. The summed E-state index contributed by atoms with van der Waals surface area (Å²) in [7, 11) is -2.98. The highest BCUT2D eigenvalue weighted by atomic mass is 32.2. The molecule has 1 unspecified atom stereocenters. The van der Waals surface area contributed by atoms with Gasteiger partial charge in [-0.3, -0.25) is 0 Å². The number of nitrogens with zero attached hydrogens (tertiary/aromatic N) is 2. The maximum absolute atomic E-state index is 11.6. The summed E-state index contributed by atoms with van der Waals surface area (Å²) in [5, 5.41) is 0. The van der Waals surface area contributed by atoms with E-state index in [1.807, 2.05) is 13.8 Å². The van der Waals surface area contributed by atoms with Crippen molar-refractivity contribution in [2.45, 2.75) is 38.5 Å². The summed E-state index contributed by atoms with van der Waals surface area (Å²) in [5.74, 6) is 0.891. The zero-order valence-corrected chi connectivity index (χ0v) is 10.9. The van der Waals surface area contributed by atoms with Crippen LogP contribution in [-0.2, 0) is 28.4 Å². The Labute approximate surface area is 101 Å². The maximum atomic E-state index is 11.6. The van der Waals surface area contributed by atoms with Crippen molar-refractivity contribution in [3.8, 4) is 0 Å². The summed E-state index contributed by atoms with van der Waals surface area (Å²) in [4.78, 5) is 8.73. The standard InChI is InChI=1S/C11H17N3O2S/c1-7(12)5-11-13-8(2)9-3-4-17(15,16)6-10(9)14-11/h7H,3-6,12H2,1-2H3. The van der Waals surface area contributed by atoms with Crippen LogP contribution in [0.3, 0.4) is 0 Å². The molecule has 0 saturated heterocycles. The first-order valence-corrected chi connectivity index (χ1v) is 7.51. The number of sulfone groups is 1. The molecule has 6 heteroatoms. The van der Waals surface area contributed by atoms with Crippen molar-refractivity contribution in [3.05, 3.63) is 22.8 Å². The first kappa shape index (κ1) is 12.4. The van der Waals surface area contributed by atoms with E-state index in [-0.39, 0.29) is 17.5 Å². The molecule has 94 valence electrons. The van der Waals surface area contributed by atoms with Gasteiger partial charge in [0.1, 0.15) is 5.82 Å². The second-order valence-corrected chi connectivity index (χ2v) is 6.86. The lowest BCUT2D eigenvalue weighted by Gasteiger charge is -2.18. The normalized spacial score (nSPS) is 19.7. The van der Waals surface area contributed by atoms with E-state index >= 15 is 0 Å². The predicted octanol–water partition coefficient (Wildman–Crippen LogP) is 0.146. The topological polar surface area (TPSA) is 85.9 Å². The largest absolute Gasteiger partial charge is 0.328 e. The van der Waals surface area contributed by atoms with Gasteiger partial charge in [0, 0.05) is 18.2 Å². The van der Waals surface area contributed by atoms with Crippen LogP contribution in [0.25, 0.3) is 0 Å². The van der Waals surface area contributed by atoms with Crippen LogP contribution in [0.4, 0.5) is 0 Å². The van der Waals surface area contributed by atoms with Crippen molar-refractivity contribution < 1.29 is 8.42 Å². The molecule has 0 bridgehead atoms. The molecule has 2 N–H and O–H groups in total. The molecule has 1 aliphatic heterocycles. The summed E-state index contributed by atoms with van der Waals surface area (Å²) in [6.45, 7) is 3.79. The van der Waals surface area contributed by atoms with Crippen molar-refractivity contribution in [2.24, 2.45) is 5.73 Å². The molecular weight excluding hydrogens is 238 g/mol. The van der Waals surface area contributed by atoms with Crippen molar-refractivity contribution in [3.63, 3.8) is 0 Å². The van der Waals surface area contributed by atoms with Gasteiger partial charge in [-0.2, -0.15) is 0 Å². The molecule has 2 heterocycles. The third-order valence-electron chi connectivity index (χ3n) is 2.87. The third kappa shape index (κ3) is 2.81. The Balaban J connectivity index is 2.41. The van der Waals surface area contributed by atoms with Crippen molar-refractivity contribution in [1.29, 1.82) is 0 Å². The van der Waals surface area contributed by atoms with Crippen LogP contribution in [-0.4, -0.2) is 30.2 Å². The van der Waals surface area contributed by atoms with Crippen LogP contribution in [0, 0.1) is 6.92 Å². The van der Waals surface area contributed by atoms with Crippen LogP contribution in [0.1, 0.15) is 29.7 Å². The fourth-order valence-electron chi connectivity index (χ4n) is 2.08. The van der Waals surface area contributed by atoms with Gasteiger partial charge in [-0.15, -0.1) is 0 Å². The smallest absolute Gasteiger partial charge is 0.156 e. The molecule has 1 atom stereocenters. The number of rotatable bonds is 2. The van der Waals surface area contributed by atoms with Crippen LogP contribution in [0.2, 0.25) is 0 Å². The van der Waals surface area contributed by atoms with Gasteiger partial charge >= 0.3 is 0 Å². The second kappa shape index (κ2) is 4.34. The average Bonchev–Trinajstić information content (AvgIpc) is 2.13. The molecular formula is C11H17N3O2S. The van der Waals surface area contributed by atoms with Crippen molar-refractivity contribution in [1.82, 2.24) is 9.97 Å². The van der Waals surface area contributed by atoms with Gasteiger partial charge in [0.2, 0.25) is 0 Å². The van der Waals surface area contributed by atoms with E-state index in [2.05, 4.69) is 9.97 Å². The number of aromatic nitrogens is 2. The molecule has 1 aromatic rings. The fourth-order valence-corrected chi connectivity index (χ4v) is 3.39. The minimum absolute atomic E-state index is 0.0207. The molecule has 5 nitrogen and oxygen atoms in total. The Kier molecular flexibility index (Phi) is 3.18. The molecule has 2 rings (SSSR count). The van der Waals surface area contributed by atoms with Gasteiger partial charge in [0.15, 0.2) is 9.84 Å². The maximum Gasteiger partial charge on any atom is 0.156 e. The van der Waals surface area contributed by atoms with Gasteiger partial charge in [-0.05, 0) is 25.8 Å². The minimum Gasteiger partial charge on any atom is -0.328 e. The first-order valence-electron chi connectivity index (χ1n) is 5.68. The Morgan fingerprint density at radius 2 is 2.12 bits per heavy atom. The Morgan fingerprint density at radius 1 is 1.41 bits per heavy atom. The Morgan fingerprint density at radius 3 is 2.76 bits per heavy atom. The monoisotopic (exact) mass is 255 g/mol. The van der Waals surface area contributed by atoms with E-state index in [9.17, 15) is 8.42 Å². The highest BCUT2D eigenvalue weighted by Gasteiger charge is 2.25. The SMILES string of the molecule is Cc1nc(CC(C)N)nc2c1CCS(=O)(=O)C2. The number of aryl methyl sites for hydroxylation is 1. The van der Waals surface area contributed by atoms with E-state index < -0.39 is 9.84 Å². The van der Waals surface area contributed by atoms with Crippen molar-refractivity contribution >= 4 is 9.84 Å². The number of fused-ring (bicyclic) bond motifs is 1. The lowest BCUT2D eigenvalue weighted by molar-refractivity contribution is 0.589. The molecule has 0 aromatic carbocycles. The lowest BCUT2D eigenvalue weighted by Crippen LogP contribution is -2.25. The summed E-state index contributed by atoms with van der Waals surface area (Å²) in [5.41, 5.74) is 8.25. The van der Waals surface area contributed by atoms with E-state index in [1.165, 1.54) is 0 Å². The van der Waals surface area contributed by atoms with Crippen LogP contribution in [0.15, 0.2) is 0 Å². The number of nitrogens with two attached hydrogens (primary N) is 1. The molecule has 1 aliphatic rings. The second-order valence-electron chi connectivity index (χ2n) is 4.67. The lowest BCUT2D eigenvalue weighted by atomic mass is 10.1. The van der Waals surface area contributed by atoms with E-state index in [0.717, 1.165) is 11.3 Å². The van der Waals surface area contributed by atoms with Crippen LogP contribution < -0.4 is 5.73 Å². The summed E-state index contributed by atoms with van der Waals surface area (Å²) in [6.07, 6.45) is 1.11. The number of hydrogen-bond acceptors (Lipinski definition) is 5. The van der Waals surface area contributed by atoms with E-state index in [0.29, 0.717) is 24.4 Å². The minimum atomic E-state index is -2.98. The Hall–Kier alpha value is -1.01. The summed E-state index contributed by atoms with van der Waals surface area (Å²) < 4.78 is 23.1. The fraction of sp³-hybridized carbons (Fsp3) is 0.636. The highest BCUT2D eigenvalue weighted by Crippen LogP contribution is 2.21. The zero-order chi connectivity index (χ0) is 12.6. The molecule has 0 saturated carbocycles. The van der Waals surface area contributed by atoms with Crippen LogP contribution >= 0.6 is 0 Å². The summed E-state index contributed by atoms with van der Waals surface area (Å²) >= 11 is 0. The number of hydrogen-bond donors (Lipinski definition) is 1. The Bertz CT molecular complexity index is 538. The molecule has 0 spiro atoms. The van der Waals surface area contributed by atoms with Gasteiger partial charge in [-0.25, -0.2) is 18.4 Å². The molecule has 0 radical (unpaired) electrons. The van der Waals surface area contributed by atoms with E-state index in [1.54, 1.807) is 0 Å². The third-order valence-corrected chi connectivity index (χ3v) is 4.41. The predicted molar refractivity (Wildman–Crippen MR) is 65.3 cm³/mol. The molecule has 0 amide bonds. The molecule has 0 fully saturated rings. The molecule has 1 aromatic heterocycles. The van der Waals surface area contributed by atoms with Gasteiger partial charge in [0.25, 0.3) is 0 Å². The summed E-state index contributed by atoms with van der Waals surface area (Å²) in [6, 6.07) is -0.0207. The molecule has 17 heavy (non-hydrogen) atoms. The van der Waals surface area contributed by atoms with Gasteiger partial charge in [0.05, 0.1) is 17.2 Å². The van der Waals surface area contributed by atoms with E-state index in [4.69, 9.17) is 5.73 Å². The average molecular weight is 255 g/mol. The quantitative estimate of drug-likeness (QED) is 0.812. The zero-order valence-electron chi connectivity index (χ0n) is 10.1. The molecule has 0 aliphatic carbocycles. The van der Waals surface area contributed by atoms with Crippen LogP contribution in [0.5, 0.6) is 0 Å². The first-order chi connectivity index (χ1) is 7.87. The van der Waals surface area contributed by atoms with Gasteiger partial charge < -0.3 is 5.73 Å². The van der Waals surface area contributed by atoms with Crippen molar-refractivity contribution in [2.75, 3.05) is 5.75 Å². The van der Waals surface area contributed by atoms with Gasteiger partial charge in [-0.1, -0.05) is 0 Å².